The van der Waals surface area contributed by atoms with E-state index in [9.17, 15) is 0 Å². The standard InChI is InChI=1S/C11H13Cl2NO/c12-8-1-2-11(10(13)7-8)14-9-3-5-15-6-4-9/h1-2,7,9,14H,3-6H2. The van der Waals surface area contributed by atoms with E-state index in [4.69, 9.17) is 27.9 Å². The molecule has 4 heteroatoms. The van der Waals surface area contributed by atoms with Crippen LogP contribution in [0.5, 0.6) is 0 Å². The zero-order valence-corrected chi connectivity index (χ0v) is 9.81. The molecule has 2 rings (SSSR count). The highest BCUT2D eigenvalue weighted by atomic mass is 35.5. The molecule has 1 aliphatic heterocycles. The molecule has 0 aromatic heterocycles. The first-order valence-electron chi connectivity index (χ1n) is 5.05. The van der Waals surface area contributed by atoms with Crippen molar-refractivity contribution in [3.63, 3.8) is 0 Å². The van der Waals surface area contributed by atoms with E-state index in [1.807, 2.05) is 12.1 Å². The molecule has 0 unspecified atom stereocenters. The van der Waals surface area contributed by atoms with E-state index in [-0.39, 0.29) is 0 Å². The quantitative estimate of drug-likeness (QED) is 0.861. The Morgan fingerprint density at radius 2 is 1.93 bits per heavy atom. The average Bonchev–Trinajstić information content (AvgIpc) is 2.24. The van der Waals surface area contributed by atoms with Gasteiger partial charge in [-0.25, -0.2) is 0 Å². The lowest BCUT2D eigenvalue weighted by Gasteiger charge is -2.24. The number of hydrogen-bond acceptors (Lipinski definition) is 2. The number of rotatable bonds is 2. The van der Waals surface area contributed by atoms with Gasteiger partial charge in [0.25, 0.3) is 0 Å². The fraction of sp³-hybridized carbons (Fsp3) is 0.455. The van der Waals surface area contributed by atoms with Gasteiger partial charge in [0.1, 0.15) is 0 Å². The minimum Gasteiger partial charge on any atom is -0.381 e. The molecule has 2 nitrogen and oxygen atoms in total. The van der Waals surface area contributed by atoms with Crippen LogP contribution in [0.2, 0.25) is 10.0 Å². The van der Waals surface area contributed by atoms with Gasteiger partial charge in [0.2, 0.25) is 0 Å². The van der Waals surface area contributed by atoms with Crippen LogP contribution in [0.4, 0.5) is 5.69 Å². The minimum atomic E-state index is 0.456. The summed E-state index contributed by atoms with van der Waals surface area (Å²) in [6.45, 7) is 1.64. The summed E-state index contributed by atoms with van der Waals surface area (Å²) in [5.41, 5.74) is 0.952. The summed E-state index contributed by atoms with van der Waals surface area (Å²) in [6.07, 6.45) is 2.05. The van der Waals surface area contributed by atoms with Crippen LogP contribution >= 0.6 is 23.2 Å². The summed E-state index contributed by atoms with van der Waals surface area (Å²) >= 11 is 11.9. The van der Waals surface area contributed by atoms with Crippen molar-refractivity contribution in [3.05, 3.63) is 28.2 Å². The number of benzene rings is 1. The summed E-state index contributed by atoms with van der Waals surface area (Å²) in [5, 5.41) is 4.75. The van der Waals surface area contributed by atoms with Gasteiger partial charge < -0.3 is 10.1 Å². The SMILES string of the molecule is Clc1ccc(NC2CCOCC2)c(Cl)c1. The smallest absolute Gasteiger partial charge is 0.0652 e. The maximum absolute atomic E-state index is 6.07. The van der Waals surface area contributed by atoms with E-state index in [2.05, 4.69) is 5.32 Å². The highest BCUT2D eigenvalue weighted by molar-refractivity contribution is 6.36. The molecular weight excluding hydrogens is 233 g/mol. The topological polar surface area (TPSA) is 21.3 Å². The molecule has 1 heterocycles. The maximum Gasteiger partial charge on any atom is 0.0652 e. The van der Waals surface area contributed by atoms with E-state index in [0.29, 0.717) is 16.1 Å². The van der Waals surface area contributed by atoms with Crippen LogP contribution in [-0.2, 0) is 4.74 Å². The number of halogens is 2. The van der Waals surface area contributed by atoms with Gasteiger partial charge in [-0.2, -0.15) is 0 Å². The van der Waals surface area contributed by atoms with Gasteiger partial charge in [0.05, 0.1) is 10.7 Å². The molecule has 0 atom stereocenters. The molecule has 1 aromatic rings. The molecule has 15 heavy (non-hydrogen) atoms. The Hall–Kier alpha value is -0.440. The van der Waals surface area contributed by atoms with Crippen LogP contribution in [0.15, 0.2) is 18.2 Å². The van der Waals surface area contributed by atoms with Crippen LogP contribution in [0.1, 0.15) is 12.8 Å². The fourth-order valence-electron chi connectivity index (χ4n) is 1.67. The van der Waals surface area contributed by atoms with Gasteiger partial charge >= 0.3 is 0 Å². The van der Waals surface area contributed by atoms with Crippen LogP contribution in [0.3, 0.4) is 0 Å². The van der Waals surface area contributed by atoms with Crippen molar-refractivity contribution in [2.45, 2.75) is 18.9 Å². The molecular formula is C11H13Cl2NO. The highest BCUT2D eigenvalue weighted by Gasteiger charge is 2.14. The number of ether oxygens (including phenoxy) is 1. The normalized spacial score (nSPS) is 17.7. The molecule has 1 aromatic carbocycles. The number of anilines is 1. The number of nitrogens with one attached hydrogen (secondary N) is 1. The van der Waals surface area contributed by atoms with E-state index in [0.717, 1.165) is 31.7 Å². The van der Waals surface area contributed by atoms with Gasteiger partial charge in [-0.15, -0.1) is 0 Å². The molecule has 0 aliphatic carbocycles. The predicted octanol–water partition coefficient (Wildman–Crippen LogP) is 3.58. The Kier molecular flexibility index (Phi) is 3.73. The van der Waals surface area contributed by atoms with Crippen LogP contribution in [0, 0.1) is 0 Å². The summed E-state index contributed by atoms with van der Waals surface area (Å²) in [6, 6.07) is 5.97. The molecule has 0 bridgehead atoms. The van der Waals surface area contributed by atoms with Crippen molar-refractivity contribution in [1.29, 1.82) is 0 Å². The Labute approximate surface area is 99.5 Å². The Bertz CT molecular complexity index is 337. The Morgan fingerprint density at radius 3 is 2.60 bits per heavy atom. The molecule has 0 amide bonds. The molecule has 1 saturated heterocycles. The van der Waals surface area contributed by atoms with E-state index in [1.165, 1.54) is 0 Å². The number of hydrogen-bond donors (Lipinski definition) is 1. The summed E-state index contributed by atoms with van der Waals surface area (Å²) < 4.78 is 5.29. The maximum atomic E-state index is 6.07. The average molecular weight is 246 g/mol. The molecule has 0 spiro atoms. The lowest BCUT2D eigenvalue weighted by molar-refractivity contribution is 0.0904. The molecule has 0 radical (unpaired) electrons. The largest absolute Gasteiger partial charge is 0.381 e. The van der Waals surface area contributed by atoms with Crippen molar-refractivity contribution in [2.24, 2.45) is 0 Å². The Balaban J connectivity index is 2.03. The molecule has 82 valence electrons. The third-order valence-electron chi connectivity index (χ3n) is 2.51. The second-order valence-electron chi connectivity index (χ2n) is 3.66. The third kappa shape index (κ3) is 3.00. The zero-order valence-electron chi connectivity index (χ0n) is 8.30. The first-order chi connectivity index (χ1) is 7.25. The van der Waals surface area contributed by atoms with E-state index >= 15 is 0 Å². The van der Waals surface area contributed by atoms with E-state index < -0.39 is 0 Å². The van der Waals surface area contributed by atoms with E-state index in [1.54, 1.807) is 6.07 Å². The fourth-order valence-corrected chi connectivity index (χ4v) is 2.13. The van der Waals surface area contributed by atoms with Gasteiger partial charge in [0, 0.05) is 24.3 Å². The highest BCUT2D eigenvalue weighted by Crippen LogP contribution is 2.27. The molecule has 0 saturated carbocycles. The lowest BCUT2D eigenvalue weighted by atomic mass is 10.1. The van der Waals surface area contributed by atoms with Gasteiger partial charge in [0.15, 0.2) is 0 Å². The van der Waals surface area contributed by atoms with Crippen molar-refractivity contribution < 1.29 is 4.74 Å². The zero-order chi connectivity index (χ0) is 10.7. The predicted molar refractivity (Wildman–Crippen MR) is 63.9 cm³/mol. The van der Waals surface area contributed by atoms with Crippen molar-refractivity contribution in [1.82, 2.24) is 0 Å². The first kappa shape index (κ1) is 11.1. The lowest BCUT2D eigenvalue weighted by Crippen LogP contribution is -2.27. The van der Waals surface area contributed by atoms with Crippen LogP contribution in [-0.4, -0.2) is 19.3 Å². The van der Waals surface area contributed by atoms with Gasteiger partial charge in [-0.3, -0.25) is 0 Å². The van der Waals surface area contributed by atoms with Gasteiger partial charge in [-0.05, 0) is 31.0 Å². The molecule has 1 fully saturated rings. The third-order valence-corrected chi connectivity index (χ3v) is 3.06. The monoisotopic (exact) mass is 245 g/mol. The molecule has 1 aliphatic rings. The summed E-state index contributed by atoms with van der Waals surface area (Å²) in [4.78, 5) is 0. The summed E-state index contributed by atoms with van der Waals surface area (Å²) in [5.74, 6) is 0. The van der Waals surface area contributed by atoms with Crippen molar-refractivity contribution >= 4 is 28.9 Å². The van der Waals surface area contributed by atoms with Crippen LogP contribution < -0.4 is 5.32 Å². The minimum absolute atomic E-state index is 0.456. The van der Waals surface area contributed by atoms with Gasteiger partial charge in [-0.1, -0.05) is 23.2 Å². The van der Waals surface area contributed by atoms with Crippen molar-refractivity contribution in [2.75, 3.05) is 18.5 Å². The summed E-state index contributed by atoms with van der Waals surface area (Å²) in [7, 11) is 0. The molecule has 1 N–H and O–H groups in total. The van der Waals surface area contributed by atoms with Crippen molar-refractivity contribution in [3.8, 4) is 0 Å². The van der Waals surface area contributed by atoms with Crippen LogP contribution in [0.25, 0.3) is 0 Å². The second kappa shape index (κ2) is 5.06. The first-order valence-corrected chi connectivity index (χ1v) is 5.80. The Morgan fingerprint density at radius 1 is 1.20 bits per heavy atom. The second-order valence-corrected chi connectivity index (χ2v) is 4.50.